The molecule has 0 aromatic heterocycles. The molecule has 23 heavy (non-hydrogen) atoms. The van der Waals surface area contributed by atoms with Crippen LogP contribution < -0.4 is 15.4 Å². The Morgan fingerprint density at radius 3 is 2.39 bits per heavy atom. The van der Waals surface area contributed by atoms with Crippen molar-refractivity contribution in [2.45, 2.75) is 27.2 Å². The van der Waals surface area contributed by atoms with Gasteiger partial charge in [0.2, 0.25) is 0 Å². The molecule has 2 aromatic carbocycles. The minimum Gasteiger partial charge on any atom is -0.494 e. The van der Waals surface area contributed by atoms with Crippen molar-refractivity contribution in [2.75, 3.05) is 18.5 Å². The van der Waals surface area contributed by atoms with Crippen LogP contribution in [0, 0.1) is 20.8 Å². The average molecular weight is 312 g/mol. The van der Waals surface area contributed by atoms with E-state index in [2.05, 4.69) is 10.6 Å². The van der Waals surface area contributed by atoms with E-state index in [-0.39, 0.29) is 6.03 Å². The first-order valence-electron chi connectivity index (χ1n) is 7.86. The Morgan fingerprint density at radius 1 is 1.00 bits per heavy atom. The Labute approximate surface area is 137 Å². The van der Waals surface area contributed by atoms with Crippen LogP contribution in [0.25, 0.3) is 0 Å². The number of aryl methyl sites for hydroxylation is 3. The van der Waals surface area contributed by atoms with Crippen molar-refractivity contribution in [1.82, 2.24) is 5.32 Å². The molecule has 0 heterocycles. The molecule has 0 saturated carbocycles. The summed E-state index contributed by atoms with van der Waals surface area (Å²) < 4.78 is 5.62. The minimum absolute atomic E-state index is 0.188. The molecule has 2 amide bonds. The zero-order valence-electron chi connectivity index (χ0n) is 14.0. The number of urea groups is 1. The van der Waals surface area contributed by atoms with Crippen molar-refractivity contribution in [2.24, 2.45) is 0 Å². The zero-order chi connectivity index (χ0) is 16.7. The summed E-state index contributed by atoms with van der Waals surface area (Å²) in [6, 6.07) is 13.7. The molecule has 2 aromatic rings. The molecule has 0 atom stereocenters. The lowest BCUT2D eigenvalue weighted by Gasteiger charge is -2.11. The number of ether oxygens (including phenoxy) is 1. The van der Waals surface area contributed by atoms with Gasteiger partial charge in [0.1, 0.15) is 5.75 Å². The summed E-state index contributed by atoms with van der Waals surface area (Å²) in [6.07, 6.45) is 0.758. The lowest BCUT2D eigenvalue weighted by Crippen LogP contribution is -2.30. The molecule has 0 bridgehead atoms. The van der Waals surface area contributed by atoms with Crippen molar-refractivity contribution in [3.63, 3.8) is 0 Å². The Balaban J connectivity index is 1.65. The quantitative estimate of drug-likeness (QED) is 0.785. The Morgan fingerprint density at radius 2 is 1.70 bits per heavy atom. The third-order valence-corrected chi connectivity index (χ3v) is 3.53. The number of nitrogens with one attached hydrogen (secondary N) is 2. The third kappa shape index (κ3) is 5.66. The topological polar surface area (TPSA) is 50.4 Å². The molecule has 0 aliphatic rings. The SMILES string of the molecule is Cc1ccc(OCCCNC(=O)Nc2ccc(C)cc2C)cc1. The van der Waals surface area contributed by atoms with Crippen LogP contribution in [0.5, 0.6) is 5.75 Å². The molecular formula is C19H24N2O2. The molecule has 0 spiro atoms. The lowest BCUT2D eigenvalue weighted by atomic mass is 10.1. The van der Waals surface area contributed by atoms with Crippen molar-refractivity contribution in [1.29, 1.82) is 0 Å². The van der Waals surface area contributed by atoms with Crippen molar-refractivity contribution < 1.29 is 9.53 Å². The van der Waals surface area contributed by atoms with Crippen LogP contribution in [0.4, 0.5) is 10.5 Å². The van der Waals surface area contributed by atoms with E-state index in [1.807, 2.05) is 63.2 Å². The van der Waals surface area contributed by atoms with Gasteiger partial charge in [-0.2, -0.15) is 0 Å². The van der Waals surface area contributed by atoms with Crippen LogP contribution in [0.3, 0.4) is 0 Å². The van der Waals surface area contributed by atoms with E-state index in [4.69, 9.17) is 4.74 Å². The van der Waals surface area contributed by atoms with Crippen LogP contribution >= 0.6 is 0 Å². The normalized spacial score (nSPS) is 10.2. The Bertz CT molecular complexity index is 651. The largest absolute Gasteiger partial charge is 0.494 e. The molecule has 122 valence electrons. The van der Waals surface area contributed by atoms with Crippen LogP contribution in [-0.4, -0.2) is 19.2 Å². The summed E-state index contributed by atoms with van der Waals surface area (Å²) in [5.41, 5.74) is 4.29. The van der Waals surface area contributed by atoms with Crippen LogP contribution in [0.15, 0.2) is 42.5 Å². The molecule has 0 fully saturated rings. The van der Waals surface area contributed by atoms with Crippen molar-refractivity contribution in [3.05, 3.63) is 59.2 Å². The number of anilines is 1. The molecule has 2 rings (SSSR count). The average Bonchev–Trinajstić information content (AvgIpc) is 2.51. The van der Waals surface area contributed by atoms with Gasteiger partial charge >= 0.3 is 6.03 Å². The highest BCUT2D eigenvalue weighted by Gasteiger charge is 2.03. The molecule has 4 nitrogen and oxygen atoms in total. The second-order valence-corrected chi connectivity index (χ2v) is 5.71. The van der Waals surface area contributed by atoms with Crippen LogP contribution in [0.1, 0.15) is 23.1 Å². The number of benzene rings is 2. The van der Waals surface area contributed by atoms with Gasteiger partial charge in [-0.15, -0.1) is 0 Å². The van der Waals surface area contributed by atoms with Crippen molar-refractivity contribution >= 4 is 11.7 Å². The summed E-state index contributed by atoms with van der Waals surface area (Å²) in [7, 11) is 0. The number of hydrogen-bond acceptors (Lipinski definition) is 2. The summed E-state index contributed by atoms with van der Waals surface area (Å²) in [5.74, 6) is 0.857. The summed E-state index contributed by atoms with van der Waals surface area (Å²) >= 11 is 0. The van der Waals surface area contributed by atoms with Gasteiger partial charge in [-0.1, -0.05) is 35.4 Å². The fourth-order valence-corrected chi connectivity index (χ4v) is 2.22. The first-order chi connectivity index (χ1) is 11.0. The highest BCUT2D eigenvalue weighted by molar-refractivity contribution is 5.90. The first kappa shape index (κ1) is 16.9. The van der Waals surface area contributed by atoms with Gasteiger partial charge in [-0.05, 0) is 51.0 Å². The van der Waals surface area contributed by atoms with Gasteiger partial charge in [0.25, 0.3) is 0 Å². The molecule has 2 N–H and O–H groups in total. The number of hydrogen-bond donors (Lipinski definition) is 2. The fraction of sp³-hybridized carbons (Fsp3) is 0.316. The van der Waals surface area contributed by atoms with Crippen LogP contribution in [-0.2, 0) is 0 Å². The summed E-state index contributed by atoms with van der Waals surface area (Å²) in [5, 5.41) is 5.70. The predicted molar refractivity (Wildman–Crippen MR) is 94.2 cm³/mol. The van der Waals surface area contributed by atoms with E-state index in [0.717, 1.165) is 23.4 Å². The Kier molecular flexibility index (Phi) is 6.03. The number of carbonyl (C=O) groups excluding carboxylic acids is 1. The van der Waals surface area contributed by atoms with E-state index in [1.165, 1.54) is 11.1 Å². The molecule has 0 saturated heterocycles. The van der Waals surface area contributed by atoms with Crippen LogP contribution in [0.2, 0.25) is 0 Å². The van der Waals surface area contributed by atoms with Gasteiger partial charge in [-0.3, -0.25) is 0 Å². The fourth-order valence-electron chi connectivity index (χ4n) is 2.22. The second-order valence-electron chi connectivity index (χ2n) is 5.71. The molecule has 0 radical (unpaired) electrons. The molecule has 0 aliphatic carbocycles. The van der Waals surface area contributed by atoms with E-state index in [0.29, 0.717) is 13.2 Å². The van der Waals surface area contributed by atoms with Gasteiger partial charge in [0.15, 0.2) is 0 Å². The standard InChI is InChI=1S/C19H24N2O2/c1-14-5-8-17(9-6-14)23-12-4-11-20-19(22)21-18-10-7-15(2)13-16(18)3/h5-10,13H,4,11-12H2,1-3H3,(H2,20,21,22). The predicted octanol–water partition coefficient (Wildman–Crippen LogP) is 4.20. The van der Waals surface area contributed by atoms with E-state index in [9.17, 15) is 4.79 Å². The summed E-state index contributed by atoms with van der Waals surface area (Å²) in [4.78, 5) is 11.9. The Hall–Kier alpha value is -2.49. The van der Waals surface area contributed by atoms with E-state index >= 15 is 0 Å². The number of carbonyl (C=O) groups is 1. The maximum Gasteiger partial charge on any atom is 0.319 e. The number of amides is 2. The number of rotatable bonds is 6. The smallest absolute Gasteiger partial charge is 0.319 e. The molecule has 0 unspecified atom stereocenters. The highest BCUT2D eigenvalue weighted by atomic mass is 16.5. The van der Waals surface area contributed by atoms with Crippen molar-refractivity contribution in [3.8, 4) is 5.75 Å². The molecular weight excluding hydrogens is 288 g/mol. The van der Waals surface area contributed by atoms with Gasteiger partial charge in [0.05, 0.1) is 6.61 Å². The van der Waals surface area contributed by atoms with Gasteiger partial charge in [-0.25, -0.2) is 4.79 Å². The van der Waals surface area contributed by atoms with E-state index < -0.39 is 0 Å². The lowest BCUT2D eigenvalue weighted by molar-refractivity contribution is 0.250. The minimum atomic E-state index is -0.188. The van der Waals surface area contributed by atoms with Gasteiger partial charge in [0, 0.05) is 12.2 Å². The third-order valence-electron chi connectivity index (χ3n) is 3.53. The first-order valence-corrected chi connectivity index (χ1v) is 7.86. The second kappa shape index (κ2) is 8.22. The van der Waals surface area contributed by atoms with E-state index in [1.54, 1.807) is 0 Å². The molecule has 0 aliphatic heterocycles. The zero-order valence-corrected chi connectivity index (χ0v) is 14.0. The monoisotopic (exact) mass is 312 g/mol. The maximum atomic E-state index is 11.9. The summed E-state index contributed by atoms with van der Waals surface area (Å²) in [6.45, 7) is 7.21. The maximum absolute atomic E-state index is 11.9. The highest BCUT2D eigenvalue weighted by Crippen LogP contribution is 2.15. The molecule has 4 heteroatoms. The van der Waals surface area contributed by atoms with Gasteiger partial charge < -0.3 is 15.4 Å².